The molecule has 3 rings (SSSR count). The van der Waals surface area contributed by atoms with Crippen LogP contribution in [-0.2, 0) is 5.54 Å². The molecular weight excluding hydrogens is 188 g/mol. The molecule has 4 nitrogen and oxygen atoms in total. The van der Waals surface area contributed by atoms with Gasteiger partial charge < -0.3 is 5.73 Å². The van der Waals surface area contributed by atoms with Gasteiger partial charge in [-0.25, -0.2) is 9.97 Å². The Morgan fingerprint density at radius 1 is 1.40 bits per heavy atom. The highest BCUT2D eigenvalue weighted by molar-refractivity contribution is 5.39. The van der Waals surface area contributed by atoms with E-state index in [0.29, 0.717) is 0 Å². The number of fused-ring (bicyclic) bond motifs is 1. The third-order valence-corrected chi connectivity index (χ3v) is 3.09. The van der Waals surface area contributed by atoms with Gasteiger partial charge in [-0.05, 0) is 32.8 Å². The van der Waals surface area contributed by atoms with Crippen molar-refractivity contribution in [3.05, 3.63) is 29.3 Å². The van der Waals surface area contributed by atoms with E-state index in [1.807, 2.05) is 13.1 Å². The van der Waals surface area contributed by atoms with Crippen LogP contribution >= 0.6 is 0 Å². The van der Waals surface area contributed by atoms with Crippen LogP contribution in [0, 0.1) is 13.8 Å². The Kier molecular flexibility index (Phi) is 1.52. The number of aryl methyl sites for hydroxylation is 2. The normalized spacial score (nSPS) is 18.3. The highest BCUT2D eigenvalue weighted by Gasteiger charge is 2.42. The number of hydrogen-bond acceptors (Lipinski definition) is 3. The van der Waals surface area contributed by atoms with Crippen molar-refractivity contribution >= 4 is 5.78 Å². The van der Waals surface area contributed by atoms with E-state index in [9.17, 15) is 0 Å². The molecule has 1 aliphatic rings. The van der Waals surface area contributed by atoms with E-state index in [2.05, 4.69) is 27.4 Å². The molecule has 1 fully saturated rings. The summed E-state index contributed by atoms with van der Waals surface area (Å²) in [4.78, 5) is 8.71. The average molecular weight is 202 g/mol. The van der Waals surface area contributed by atoms with Crippen molar-refractivity contribution in [1.29, 1.82) is 0 Å². The predicted octanol–water partition coefficient (Wildman–Crippen LogP) is 1.29. The molecule has 2 heterocycles. The third-order valence-electron chi connectivity index (χ3n) is 3.09. The van der Waals surface area contributed by atoms with Gasteiger partial charge in [0, 0.05) is 11.4 Å². The van der Waals surface area contributed by atoms with E-state index in [0.717, 1.165) is 35.7 Å². The summed E-state index contributed by atoms with van der Waals surface area (Å²) in [5.74, 6) is 0.763. The lowest BCUT2D eigenvalue weighted by Gasteiger charge is -2.10. The van der Waals surface area contributed by atoms with Crippen LogP contribution in [0.4, 0.5) is 0 Å². The third kappa shape index (κ3) is 1.18. The summed E-state index contributed by atoms with van der Waals surface area (Å²) < 4.78 is 2.07. The first-order valence-corrected chi connectivity index (χ1v) is 5.21. The lowest BCUT2D eigenvalue weighted by Crippen LogP contribution is -2.21. The molecule has 15 heavy (non-hydrogen) atoms. The van der Waals surface area contributed by atoms with Crippen LogP contribution in [0.5, 0.6) is 0 Å². The fraction of sp³-hybridized carbons (Fsp3) is 0.455. The lowest BCUT2D eigenvalue weighted by atomic mass is 10.2. The molecule has 0 atom stereocenters. The Hall–Kier alpha value is -1.42. The maximum atomic E-state index is 6.20. The van der Waals surface area contributed by atoms with Crippen molar-refractivity contribution in [1.82, 2.24) is 14.4 Å². The molecule has 0 bridgehead atoms. The predicted molar refractivity (Wildman–Crippen MR) is 57.6 cm³/mol. The van der Waals surface area contributed by atoms with Gasteiger partial charge in [-0.2, -0.15) is 0 Å². The van der Waals surface area contributed by atoms with Gasteiger partial charge in [-0.15, -0.1) is 0 Å². The highest BCUT2D eigenvalue weighted by atomic mass is 15.1. The van der Waals surface area contributed by atoms with Crippen molar-refractivity contribution in [2.75, 3.05) is 0 Å². The molecule has 1 aliphatic carbocycles. The molecule has 2 aromatic heterocycles. The Morgan fingerprint density at radius 2 is 2.13 bits per heavy atom. The SMILES string of the molecule is Cc1cc(C)n2c(C3(N)CC3)cnc2n1. The average Bonchev–Trinajstić information content (AvgIpc) is 2.76. The first kappa shape index (κ1) is 8.85. The minimum atomic E-state index is -0.152. The molecule has 0 aliphatic heterocycles. The summed E-state index contributed by atoms with van der Waals surface area (Å²) >= 11 is 0. The lowest BCUT2D eigenvalue weighted by molar-refractivity contribution is 0.691. The highest BCUT2D eigenvalue weighted by Crippen LogP contribution is 2.42. The van der Waals surface area contributed by atoms with Gasteiger partial charge in [0.15, 0.2) is 0 Å². The molecule has 0 radical (unpaired) electrons. The van der Waals surface area contributed by atoms with Gasteiger partial charge in [0.25, 0.3) is 0 Å². The fourth-order valence-corrected chi connectivity index (χ4v) is 2.07. The number of aromatic nitrogens is 3. The van der Waals surface area contributed by atoms with Gasteiger partial charge in [-0.1, -0.05) is 0 Å². The molecule has 1 saturated carbocycles. The van der Waals surface area contributed by atoms with E-state index < -0.39 is 0 Å². The molecule has 0 saturated heterocycles. The zero-order valence-corrected chi connectivity index (χ0v) is 8.99. The largest absolute Gasteiger partial charge is 0.320 e. The van der Waals surface area contributed by atoms with Gasteiger partial charge in [-0.3, -0.25) is 4.40 Å². The molecule has 2 aromatic rings. The first-order valence-electron chi connectivity index (χ1n) is 5.21. The van der Waals surface area contributed by atoms with E-state index >= 15 is 0 Å². The van der Waals surface area contributed by atoms with Crippen molar-refractivity contribution in [2.45, 2.75) is 32.2 Å². The summed E-state index contributed by atoms with van der Waals surface area (Å²) in [6, 6.07) is 2.06. The Labute approximate surface area is 88.1 Å². The number of rotatable bonds is 1. The first-order chi connectivity index (χ1) is 7.10. The topological polar surface area (TPSA) is 56.2 Å². The van der Waals surface area contributed by atoms with Crippen LogP contribution in [-0.4, -0.2) is 14.4 Å². The van der Waals surface area contributed by atoms with Crippen LogP contribution in [0.3, 0.4) is 0 Å². The Morgan fingerprint density at radius 3 is 2.80 bits per heavy atom. The van der Waals surface area contributed by atoms with Crippen LogP contribution < -0.4 is 5.73 Å². The molecule has 0 spiro atoms. The van der Waals surface area contributed by atoms with E-state index in [4.69, 9.17) is 5.73 Å². The van der Waals surface area contributed by atoms with Crippen molar-refractivity contribution in [3.8, 4) is 0 Å². The molecule has 4 heteroatoms. The molecule has 0 aromatic carbocycles. The molecule has 0 amide bonds. The summed E-state index contributed by atoms with van der Waals surface area (Å²) in [7, 11) is 0. The summed E-state index contributed by atoms with van der Waals surface area (Å²) in [6.07, 6.45) is 3.96. The zero-order chi connectivity index (χ0) is 10.6. The molecular formula is C11H14N4. The Bertz CT molecular complexity index is 537. The zero-order valence-electron chi connectivity index (χ0n) is 8.99. The molecule has 78 valence electrons. The summed E-state index contributed by atoms with van der Waals surface area (Å²) in [5, 5.41) is 0. The Balaban J connectivity index is 2.33. The maximum absolute atomic E-state index is 6.20. The van der Waals surface area contributed by atoms with E-state index in [-0.39, 0.29) is 5.54 Å². The van der Waals surface area contributed by atoms with Gasteiger partial charge in [0.05, 0.1) is 17.4 Å². The second kappa shape index (κ2) is 2.58. The van der Waals surface area contributed by atoms with Crippen molar-refractivity contribution in [3.63, 3.8) is 0 Å². The smallest absolute Gasteiger partial charge is 0.234 e. The number of imidazole rings is 1. The van der Waals surface area contributed by atoms with Crippen LogP contribution in [0.2, 0.25) is 0 Å². The van der Waals surface area contributed by atoms with E-state index in [1.54, 1.807) is 0 Å². The van der Waals surface area contributed by atoms with Gasteiger partial charge in [0.1, 0.15) is 0 Å². The maximum Gasteiger partial charge on any atom is 0.234 e. The second-order valence-corrected chi connectivity index (χ2v) is 4.47. The second-order valence-electron chi connectivity index (χ2n) is 4.47. The molecule has 0 unspecified atom stereocenters. The van der Waals surface area contributed by atoms with Crippen LogP contribution in [0.1, 0.15) is 29.9 Å². The number of hydrogen-bond donors (Lipinski definition) is 1. The van der Waals surface area contributed by atoms with Crippen molar-refractivity contribution < 1.29 is 0 Å². The minimum absolute atomic E-state index is 0.152. The summed E-state index contributed by atoms with van der Waals surface area (Å²) in [5.41, 5.74) is 9.30. The quantitative estimate of drug-likeness (QED) is 0.758. The summed E-state index contributed by atoms with van der Waals surface area (Å²) in [6.45, 7) is 4.05. The van der Waals surface area contributed by atoms with Crippen LogP contribution in [0.15, 0.2) is 12.3 Å². The van der Waals surface area contributed by atoms with Crippen LogP contribution in [0.25, 0.3) is 5.78 Å². The minimum Gasteiger partial charge on any atom is -0.320 e. The van der Waals surface area contributed by atoms with Crippen molar-refractivity contribution in [2.24, 2.45) is 5.73 Å². The molecule has 2 N–H and O–H groups in total. The monoisotopic (exact) mass is 202 g/mol. The number of nitrogens with zero attached hydrogens (tertiary/aromatic N) is 3. The van der Waals surface area contributed by atoms with E-state index in [1.165, 1.54) is 0 Å². The van der Waals surface area contributed by atoms with Gasteiger partial charge in [0.2, 0.25) is 5.78 Å². The fourth-order valence-electron chi connectivity index (χ4n) is 2.07. The van der Waals surface area contributed by atoms with Gasteiger partial charge >= 0.3 is 0 Å². The standard InChI is InChI=1S/C11H14N4/c1-7-5-8(2)15-9(11(12)3-4-11)6-13-10(15)14-7/h5-6H,3-4,12H2,1-2H3. The number of nitrogens with two attached hydrogens (primary N) is 1.